The minimum absolute atomic E-state index is 0.642. The summed E-state index contributed by atoms with van der Waals surface area (Å²) in [4.78, 5) is 22.7. The Labute approximate surface area is 152 Å². The highest BCUT2D eigenvalue weighted by molar-refractivity contribution is 5.74. The third-order valence-corrected chi connectivity index (χ3v) is 4.35. The van der Waals surface area contributed by atoms with Crippen molar-refractivity contribution in [1.29, 1.82) is 0 Å². The molecule has 2 fully saturated rings. The van der Waals surface area contributed by atoms with E-state index >= 15 is 0 Å². The van der Waals surface area contributed by atoms with Crippen molar-refractivity contribution in [1.82, 2.24) is 5.32 Å². The van der Waals surface area contributed by atoms with E-state index in [-0.39, 0.29) is 0 Å². The van der Waals surface area contributed by atoms with Crippen molar-refractivity contribution in [3.8, 4) is 0 Å². The molecule has 4 unspecified atom stereocenters. The van der Waals surface area contributed by atoms with E-state index in [1.54, 1.807) is 0 Å². The molecule has 156 valence electrons. The van der Waals surface area contributed by atoms with Crippen molar-refractivity contribution < 1.29 is 59.5 Å². The van der Waals surface area contributed by atoms with E-state index in [0.717, 1.165) is 6.92 Å². The molecule has 2 saturated heterocycles. The van der Waals surface area contributed by atoms with E-state index < -0.39 is 79.8 Å². The summed E-state index contributed by atoms with van der Waals surface area (Å²) in [6.45, 7) is 0.366. The van der Waals surface area contributed by atoms with Gasteiger partial charge in [0.2, 0.25) is 5.91 Å². The second kappa shape index (κ2) is 8.72. The summed E-state index contributed by atoms with van der Waals surface area (Å²) in [5.74, 6) is -2.27. The predicted octanol–water partition coefficient (Wildman–Crippen LogP) is -5.16. The highest BCUT2D eigenvalue weighted by Gasteiger charge is 2.52. The van der Waals surface area contributed by atoms with Crippen LogP contribution in [-0.2, 0) is 23.8 Å². The Morgan fingerprint density at radius 2 is 1.63 bits per heavy atom. The maximum absolute atomic E-state index is 11.4. The monoisotopic (exact) mass is 397 g/mol. The molecule has 0 bridgehead atoms. The van der Waals surface area contributed by atoms with E-state index in [1.807, 2.05) is 0 Å². The maximum Gasteiger partial charge on any atom is 0.335 e. The van der Waals surface area contributed by atoms with Crippen LogP contribution in [0.15, 0.2) is 0 Å². The number of carbonyl (C=O) groups excluding carboxylic acids is 1. The predicted molar refractivity (Wildman–Crippen MR) is 80.8 cm³/mol. The number of carboxylic acid groups (broad SMARTS) is 1. The van der Waals surface area contributed by atoms with Gasteiger partial charge in [0.05, 0.1) is 6.61 Å². The molecular formula is C14H23NO12. The lowest BCUT2D eigenvalue weighted by Crippen LogP contribution is -2.67. The number of hydrogen-bond acceptors (Lipinski definition) is 11. The fraction of sp³-hybridized carbons (Fsp3) is 0.857. The van der Waals surface area contributed by atoms with E-state index in [1.165, 1.54) is 0 Å². The number of rotatable bonds is 5. The van der Waals surface area contributed by atoms with E-state index in [4.69, 9.17) is 14.2 Å². The number of carbonyl (C=O) groups is 2. The summed E-state index contributed by atoms with van der Waals surface area (Å²) in [5.41, 5.74) is 0. The molecule has 1 amide bonds. The molecule has 0 aliphatic carbocycles. The van der Waals surface area contributed by atoms with Crippen molar-refractivity contribution >= 4 is 11.9 Å². The number of aliphatic carboxylic acids is 1. The SMILES string of the molecule is CC(=O)NC1C(OC2[C@@H](C(=O)O)O[C@H](O)[C@H](O)[C@H]2O)O[C@H](CO)C(O)[C@@H]1O. The number of carboxylic acids is 1. The van der Waals surface area contributed by atoms with Gasteiger partial charge in [-0.2, -0.15) is 0 Å². The van der Waals surface area contributed by atoms with Gasteiger partial charge in [-0.05, 0) is 0 Å². The van der Waals surface area contributed by atoms with Gasteiger partial charge in [0.25, 0.3) is 0 Å². The molecule has 0 spiro atoms. The van der Waals surface area contributed by atoms with Crippen LogP contribution in [0.5, 0.6) is 0 Å². The zero-order valence-corrected chi connectivity index (χ0v) is 14.2. The summed E-state index contributed by atoms with van der Waals surface area (Å²) in [6, 6.07) is -1.40. The van der Waals surface area contributed by atoms with Crippen LogP contribution in [0.2, 0.25) is 0 Å². The summed E-state index contributed by atoms with van der Waals surface area (Å²) in [7, 11) is 0. The number of aliphatic hydroxyl groups excluding tert-OH is 6. The van der Waals surface area contributed by atoms with E-state index in [0.29, 0.717) is 0 Å². The van der Waals surface area contributed by atoms with Crippen molar-refractivity contribution in [2.24, 2.45) is 0 Å². The zero-order chi connectivity index (χ0) is 20.5. The van der Waals surface area contributed by atoms with Crippen LogP contribution >= 0.6 is 0 Å². The molecular weight excluding hydrogens is 374 g/mol. The average molecular weight is 397 g/mol. The Morgan fingerprint density at radius 3 is 2.15 bits per heavy atom. The molecule has 2 aliphatic rings. The molecule has 2 heterocycles. The third-order valence-electron chi connectivity index (χ3n) is 4.35. The number of amides is 1. The van der Waals surface area contributed by atoms with E-state index in [2.05, 4.69) is 5.32 Å². The molecule has 8 N–H and O–H groups in total. The van der Waals surface area contributed by atoms with Crippen LogP contribution in [0.4, 0.5) is 0 Å². The van der Waals surface area contributed by atoms with Gasteiger partial charge in [0, 0.05) is 6.92 Å². The molecule has 2 aliphatic heterocycles. The smallest absolute Gasteiger partial charge is 0.335 e. The second-order valence-electron chi connectivity index (χ2n) is 6.30. The first-order valence-electron chi connectivity index (χ1n) is 8.06. The first kappa shape index (κ1) is 21.9. The fourth-order valence-electron chi connectivity index (χ4n) is 2.94. The van der Waals surface area contributed by atoms with Gasteiger partial charge < -0.3 is 55.3 Å². The Hall–Kier alpha value is -1.42. The largest absolute Gasteiger partial charge is 0.479 e. The zero-order valence-electron chi connectivity index (χ0n) is 14.2. The highest BCUT2D eigenvalue weighted by Crippen LogP contribution is 2.28. The average Bonchev–Trinajstić information content (AvgIpc) is 2.60. The lowest BCUT2D eigenvalue weighted by molar-refractivity contribution is -0.335. The summed E-state index contributed by atoms with van der Waals surface area (Å²) < 4.78 is 15.3. The van der Waals surface area contributed by atoms with Crippen molar-refractivity contribution in [3.05, 3.63) is 0 Å². The molecule has 13 nitrogen and oxygen atoms in total. The van der Waals surface area contributed by atoms with Gasteiger partial charge >= 0.3 is 5.97 Å². The van der Waals surface area contributed by atoms with Crippen LogP contribution in [0.25, 0.3) is 0 Å². The van der Waals surface area contributed by atoms with Crippen LogP contribution in [0.1, 0.15) is 6.92 Å². The Kier molecular flexibility index (Phi) is 7.07. The van der Waals surface area contributed by atoms with E-state index in [9.17, 15) is 45.3 Å². The van der Waals surface area contributed by atoms with Crippen molar-refractivity contribution in [3.63, 3.8) is 0 Å². The van der Waals surface area contributed by atoms with Gasteiger partial charge in [-0.1, -0.05) is 0 Å². The van der Waals surface area contributed by atoms with Crippen molar-refractivity contribution in [2.45, 2.75) is 68.3 Å². The molecule has 2 rings (SSSR count). The Balaban J connectivity index is 2.28. The molecule has 0 radical (unpaired) electrons. The van der Waals surface area contributed by atoms with Gasteiger partial charge in [-0.3, -0.25) is 4.79 Å². The minimum Gasteiger partial charge on any atom is -0.479 e. The Morgan fingerprint density at radius 1 is 1.00 bits per heavy atom. The third kappa shape index (κ3) is 4.53. The van der Waals surface area contributed by atoms with Crippen LogP contribution in [0, 0.1) is 0 Å². The topological polar surface area (TPSA) is 215 Å². The maximum atomic E-state index is 11.4. The summed E-state index contributed by atoms with van der Waals surface area (Å²) in [6.07, 6.45) is -15.7. The summed E-state index contributed by atoms with van der Waals surface area (Å²) >= 11 is 0. The van der Waals surface area contributed by atoms with Gasteiger partial charge in [0.15, 0.2) is 18.7 Å². The molecule has 0 aromatic heterocycles. The van der Waals surface area contributed by atoms with Gasteiger partial charge in [0.1, 0.15) is 42.7 Å². The Bertz CT molecular complexity index is 546. The van der Waals surface area contributed by atoms with Gasteiger partial charge in [-0.15, -0.1) is 0 Å². The molecule has 0 aromatic carbocycles. The van der Waals surface area contributed by atoms with Crippen LogP contribution in [-0.4, -0.2) is 116 Å². The number of ether oxygens (including phenoxy) is 3. The molecule has 0 saturated carbocycles. The van der Waals surface area contributed by atoms with Crippen LogP contribution < -0.4 is 5.32 Å². The van der Waals surface area contributed by atoms with Crippen molar-refractivity contribution in [2.75, 3.05) is 6.61 Å². The lowest BCUT2D eigenvalue weighted by atomic mass is 9.95. The number of aliphatic hydroxyl groups is 6. The standard InChI is InChI=1S/C14H23NO12/c1-3(17)15-5-7(19)6(18)4(2-16)25-14(5)27-10-8(20)9(21)13(24)26-11(10)12(22)23/h4-11,13-14,16,18-21,24H,2H2,1H3,(H,15,17)(H,22,23)/t4-,5?,6?,7-,8-,9-,10?,11+,13+,14?/m1/s1. The summed E-state index contributed by atoms with van der Waals surface area (Å²) in [5, 5.41) is 70.1. The van der Waals surface area contributed by atoms with Gasteiger partial charge in [-0.25, -0.2) is 4.79 Å². The first-order chi connectivity index (χ1) is 12.6. The normalized spacial score (nSPS) is 45.3. The number of hydrogen-bond donors (Lipinski definition) is 8. The quantitative estimate of drug-likeness (QED) is 0.218. The minimum atomic E-state index is -1.99. The van der Waals surface area contributed by atoms with Crippen LogP contribution in [0.3, 0.4) is 0 Å². The first-order valence-corrected chi connectivity index (χ1v) is 8.06. The molecule has 0 aromatic rings. The lowest BCUT2D eigenvalue weighted by Gasteiger charge is -2.46. The molecule has 10 atom stereocenters. The number of nitrogens with one attached hydrogen (secondary N) is 1. The highest BCUT2D eigenvalue weighted by atomic mass is 16.7. The molecule has 13 heteroatoms. The second-order valence-corrected chi connectivity index (χ2v) is 6.30. The molecule has 27 heavy (non-hydrogen) atoms. The fourth-order valence-corrected chi connectivity index (χ4v) is 2.94.